The molecular weight excluding hydrogens is 384 g/mol. The summed E-state index contributed by atoms with van der Waals surface area (Å²) < 4.78 is 7.90. The van der Waals surface area contributed by atoms with Crippen LogP contribution in [0.2, 0.25) is 0 Å². The average molecular weight is 407 g/mol. The van der Waals surface area contributed by atoms with Crippen LogP contribution in [0.4, 0.5) is 0 Å². The molecule has 0 N–H and O–H groups in total. The number of thiazole rings is 1. The number of nitrogens with zero attached hydrogens (tertiary/aromatic N) is 4. The normalized spacial score (nSPS) is 12.0. The fourth-order valence-corrected chi connectivity index (χ4v) is 3.94. The van der Waals surface area contributed by atoms with Gasteiger partial charge < -0.3 is 4.74 Å². The summed E-state index contributed by atoms with van der Waals surface area (Å²) in [4.78, 5) is 21.9. The summed E-state index contributed by atoms with van der Waals surface area (Å²) in [6.07, 6.45) is 9.84. The molecule has 0 spiro atoms. The number of hydrogen-bond acceptors (Lipinski definition) is 6. The first-order valence-electron chi connectivity index (χ1n) is 9.80. The molecule has 1 aromatic carbocycles. The summed E-state index contributed by atoms with van der Waals surface area (Å²) in [6, 6.07) is 11.4. The Morgan fingerprint density at radius 1 is 1.10 bits per heavy atom. The van der Waals surface area contributed by atoms with Crippen LogP contribution in [0.25, 0.3) is 22.4 Å². The van der Waals surface area contributed by atoms with Gasteiger partial charge in [0.15, 0.2) is 5.82 Å². The highest BCUT2D eigenvalue weighted by Crippen LogP contribution is 2.20. The largest absolute Gasteiger partial charge is 0.493 e. The lowest BCUT2D eigenvalue weighted by Gasteiger charge is -2.08. The zero-order chi connectivity index (χ0) is 20.1. The molecule has 4 aromatic rings. The van der Waals surface area contributed by atoms with E-state index >= 15 is 0 Å². The van der Waals surface area contributed by atoms with E-state index in [2.05, 4.69) is 22.0 Å². The van der Waals surface area contributed by atoms with Crippen LogP contribution < -0.4 is 14.8 Å². The smallest absolute Gasteiger partial charge is 0.291 e. The first-order valence-corrected chi connectivity index (χ1v) is 10.6. The lowest BCUT2D eigenvalue weighted by Crippen LogP contribution is -2.23. The number of unbranched alkanes of at least 4 members (excludes halogenated alkanes) is 3. The first kappa shape index (κ1) is 19.3. The van der Waals surface area contributed by atoms with Crippen molar-refractivity contribution in [2.24, 2.45) is 0 Å². The van der Waals surface area contributed by atoms with Crippen LogP contribution in [-0.4, -0.2) is 26.2 Å². The van der Waals surface area contributed by atoms with Crippen molar-refractivity contribution in [2.75, 3.05) is 6.61 Å². The maximum atomic E-state index is 12.8. The van der Waals surface area contributed by atoms with E-state index in [1.165, 1.54) is 35.1 Å². The SMILES string of the molecule is CCCCCCOc1ccccc1C=c1sc2nc(-c3ccncc3)nn2c1=O. The third-order valence-electron chi connectivity index (χ3n) is 4.58. The minimum Gasteiger partial charge on any atom is -0.493 e. The maximum Gasteiger partial charge on any atom is 0.291 e. The summed E-state index contributed by atoms with van der Waals surface area (Å²) in [5.41, 5.74) is 1.55. The highest BCUT2D eigenvalue weighted by Gasteiger charge is 2.12. The zero-order valence-electron chi connectivity index (χ0n) is 16.2. The number of fused-ring (bicyclic) bond motifs is 1. The van der Waals surface area contributed by atoms with Gasteiger partial charge in [-0.15, -0.1) is 5.10 Å². The quantitative estimate of drug-likeness (QED) is 0.417. The van der Waals surface area contributed by atoms with E-state index in [0.717, 1.165) is 23.3 Å². The Morgan fingerprint density at radius 3 is 2.72 bits per heavy atom. The third-order valence-corrected chi connectivity index (χ3v) is 5.54. The summed E-state index contributed by atoms with van der Waals surface area (Å²) in [6.45, 7) is 2.87. The summed E-state index contributed by atoms with van der Waals surface area (Å²) in [7, 11) is 0. The molecule has 0 bridgehead atoms. The number of hydrogen-bond donors (Lipinski definition) is 0. The van der Waals surface area contributed by atoms with Crippen LogP contribution in [-0.2, 0) is 0 Å². The molecule has 0 radical (unpaired) electrons. The number of pyridine rings is 1. The highest BCUT2D eigenvalue weighted by molar-refractivity contribution is 7.15. The molecule has 4 rings (SSSR count). The standard InChI is InChI=1S/C22H22N4O2S/c1-2-3-4-7-14-28-18-9-6-5-8-17(18)15-19-21(27)26-22(29-19)24-20(25-26)16-10-12-23-13-11-16/h5-6,8-13,15H,2-4,7,14H2,1H3. The second-order valence-electron chi connectivity index (χ2n) is 6.73. The van der Waals surface area contributed by atoms with Gasteiger partial charge in [-0.25, -0.2) is 0 Å². The Morgan fingerprint density at radius 2 is 1.93 bits per heavy atom. The molecular formula is C22H22N4O2S. The fraction of sp³-hybridized carbons (Fsp3) is 0.273. The minimum absolute atomic E-state index is 0.171. The van der Waals surface area contributed by atoms with Crippen molar-refractivity contribution < 1.29 is 4.74 Å². The van der Waals surface area contributed by atoms with E-state index in [9.17, 15) is 4.79 Å². The molecule has 148 valence electrons. The van der Waals surface area contributed by atoms with E-state index in [1.54, 1.807) is 12.4 Å². The average Bonchev–Trinajstić information content (AvgIpc) is 3.29. The molecule has 0 atom stereocenters. The zero-order valence-corrected chi connectivity index (χ0v) is 17.1. The molecule has 0 aliphatic carbocycles. The Kier molecular flexibility index (Phi) is 5.95. The first-order chi connectivity index (χ1) is 14.3. The minimum atomic E-state index is -0.171. The molecule has 6 nitrogen and oxygen atoms in total. The van der Waals surface area contributed by atoms with Gasteiger partial charge in [0.2, 0.25) is 4.96 Å². The lowest BCUT2D eigenvalue weighted by atomic mass is 10.2. The van der Waals surface area contributed by atoms with E-state index in [-0.39, 0.29) is 5.56 Å². The Labute approximate surface area is 172 Å². The number of aromatic nitrogens is 4. The number of ether oxygens (including phenoxy) is 1. The molecule has 0 saturated heterocycles. The summed E-state index contributed by atoms with van der Waals surface area (Å²) in [5.74, 6) is 1.32. The molecule has 3 heterocycles. The second kappa shape index (κ2) is 8.96. The van der Waals surface area contributed by atoms with Gasteiger partial charge in [-0.1, -0.05) is 55.7 Å². The van der Waals surface area contributed by atoms with Gasteiger partial charge in [-0.3, -0.25) is 9.78 Å². The van der Waals surface area contributed by atoms with E-state index in [0.29, 0.717) is 21.9 Å². The van der Waals surface area contributed by atoms with E-state index in [4.69, 9.17) is 4.74 Å². The topological polar surface area (TPSA) is 69.4 Å². The highest BCUT2D eigenvalue weighted by atomic mass is 32.1. The van der Waals surface area contributed by atoms with Crippen LogP contribution in [0.3, 0.4) is 0 Å². The van der Waals surface area contributed by atoms with Crippen molar-refractivity contribution >= 4 is 22.4 Å². The predicted molar refractivity (Wildman–Crippen MR) is 115 cm³/mol. The van der Waals surface area contributed by atoms with Crippen molar-refractivity contribution in [3.05, 3.63) is 69.2 Å². The lowest BCUT2D eigenvalue weighted by molar-refractivity contribution is 0.304. The Bertz CT molecular complexity index is 1200. The fourth-order valence-electron chi connectivity index (χ4n) is 3.04. The third kappa shape index (κ3) is 4.35. The van der Waals surface area contributed by atoms with Gasteiger partial charge in [-0.2, -0.15) is 9.50 Å². The van der Waals surface area contributed by atoms with Gasteiger partial charge >= 0.3 is 0 Å². The van der Waals surface area contributed by atoms with Crippen molar-refractivity contribution in [3.8, 4) is 17.1 Å². The number of benzene rings is 1. The monoisotopic (exact) mass is 406 g/mol. The molecule has 0 unspecified atom stereocenters. The summed E-state index contributed by atoms with van der Waals surface area (Å²) >= 11 is 1.33. The number of rotatable bonds is 8. The molecule has 0 amide bonds. The maximum absolute atomic E-state index is 12.8. The molecule has 29 heavy (non-hydrogen) atoms. The van der Waals surface area contributed by atoms with Crippen molar-refractivity contribution in [1.29, 1.82) is 0 Å². The van der Waals surface area contributed by atoms with Crippen LogP contribution in [0.1, 0.15) is 38.2 Å². The van der Waals surface area contributed by atoms with Crippen LogP contribution in [0, 0.1) is 0 Å². The van der Waals surface area contributed by atoms with Crippen LogP contribution in [0.15, 0.2) is 53.6 Å². The van der Waals surface area contributed by atoms with E-state index < -0.39 is 0 Å². The Balaban J connectivity index is 1.61. The van der Waals surface area contributed by atoms with Crippen molar-refractivity contribution in [2.45, 2.75) is 32.6 Å². The molecule has 3 aromatic heterocycles. The van der Waals surface area contributed by atoms with Gasteiger partial charge in [0.05, 0.1) is 11.1 Å². The molecule has 0 fully saturated rings. The van der Waals surface area contributed by atoms with Crippen LogP contribution in [0.5, 0.6) is 5.75 Å². The van der Waals surface area contributed by atoms with Crippen LogP contribution >= 0.6 is 11.3 Å². The molecule has 7 heteroatoms. The van der Waals surface area contributed by atoms with E-state index in [1.807, 2.05) is 42.5 Å². The second-order valence-corrected chi connectivity index (χ2v) is 7.74. The summed E-state index contributed by atoms with van der Waals surface area (Å²) in [5, 5.41) is 4.37. The van der Waals surface area contributed by atoms with Gasteiger partial charge in [0.1, 0.15) is 5.75 Å². The van der Waals surface area contributed by atoms with Gasteiger partial charge in [0.25, 0.3) is 5.56 Å². The van der Waals surface area contributed by atoms with Gasteiger partial charge in [-0.05, 0) is 30.7 Å². The Hall–Kier alpha value is -3.06. The van der Waals surface area contributed by atoms with Gasteiger partial charge in [0, 0.05) is 23.5 Å². The molecule has 0 aliphatic rings. The van der Waals surface area contributed by atoms with Crippen molar-refractivity contribution in [3.63, 3.8) is 0 Å². The predicted octanol–water partition coefficient (Wildman–Crippen LogP) is 3.72. The number of para-hydroxylation sites is 1. The molecule has 0 aliphatic heterocycles. The van der Waals surface area contributed by atoms with Crippen molar-refractivity contribution in [1.82, 2.24) is 19.6 Å². The molecule has 0 saturated carbocycles.